The summed E-state index contributed by atoms with van der Waals surface area (Å²) < 4.78 is 0. The van der Waals surface area contributed by atoms with Crippen LogP contribution in [-0.2, 0) is 0 Å². The highest BCUT2D eigenvalue weighted by molar-refractivity contribution is 5.80. The van der Waals surface area contributed by atoms with Gasteiger partial charge in [-0.05, 0) is 0 Å². The summed E-state index contributed by atoms with van der Waals surface area (Å²) in [5.74, 6) is 5.15. The smallest absolute Gasteiger partial charge is 0.145 e. The van der Waals surface area contributed by atoms with E-state index in [2.05, 4.69) is 5.10 Å². The van der Waals surface area contributed by atoms with Gasteiger partial charge in [0.1, 0.15) is 5.84 Å². The molecule has 0 unspecified atom stereocenters. The molecule has 0 aromatic carbocycles. The summed E-state index contributed by atoms with van der Waals surface area (Å²) in [5.41, 5.74) is 1.83. The van der Waals surface area contributed by atoms with Crippen molar-refractivity contribution < 1.29 is 5.21 Å². The molecule has 0 aromatic heterocycles. The van der Waals surface area contributed by atoms with Crippen molar-refractivity contribution in [2.45, 2.75) is 13.3 Å². The lowest BCUT2D eigenvalue weighted by molar-refractivity contribution is 0.231. The maximum absolute atomic E-state index is 8.07. The van der Waals surface area contributed by atoms with Gasteiger partial charge in [-0.1, -0.05) is 6.92 Å². The average Bonchev–Trinajstić information content (AvgIpc) is 1.72. The number of hydrogen-bond acceptors (Lipinski definition) is 3. The van der Waals surface area contributed by atoms with E-state index in [-0.39, 0.29) is 0 Å². The van der Waals surface area contributed by atoms with Crippen molar-refractivity contribution in [1.82, 2.24) is 5.48 Å². The van der Waals surface area contributed by atoms with Crippen molar-refractivity contribution in [3.05, 3.63) is 0 Å². The molecule has 0 saturated heterocycles. The van der Waals surface area contributed by atoms with E-state index < -0.39 is 0 Å². The molecule has 0 fully saturated rings. The summed E-state index contributed by atoms with van der Waals surface area (Å²) in [7, 11) is 0. The fourth-order valence-corrected chi connectivity index (χ4v) is 0.199. The lowest BCUT2D eigenvalue weighted by Gasteiger charge is -1.93. The van der Waals surface area contributed by atoms with Gasteiger partial charge in [-0.3, -0.25) is 10.7 Å². The minimum atomic E-state index is 0.389. The molecular formula is C3H9N3O. The van der Waals surface area contributed by atoms with Crippen LogP contribution in [0.5, 0.6) is 0 Å². The average molecular weight is 103 g/mol. The number of amidine groups is 1. The topological polar surface area (TPSA) is 70.6 Å². The number of nitrogens with zero attached hydrogens (tertiary/aromatic N) is 1. The maximum Gasteiger partial charge on any atom is 0.145 e. The van der Waals surface area contributed by atoms with Gasteiger partial charge < -0.3 is 5.84 Å². The van der Waals surface area contributed by atoms with Crippen LogP contribution in [0.25, 0.3) is 0 Å². The van der Waals surface area contributed by atoms with Gasteiger partial charge in [-0.25, -0.2) is 0 Å². The quantitative estimate of drug-likeness (QED) is 0.184. The number of hydrazone groups is 1. The van der Waals surface area contributed by atoms with Crippen LogP contribution in [0.1, 0.15) is 13.3 Å². The Morgan fingerprint density at radius 1 is 2.00 bits per heavy atom. The van der Waals surface area contributed by atoms with Crippen LogP contribution in [0.15, 0.2) is 5.10 Å². The van der Waals surface area contributed by atoms with Gasteiger partial charge in [0.15, 0.2) is 0 Å². The van der Waals surface area contributed by atoms with E-state index in [9.17, 15) is 0 Å². The largest absolute Gasteiger partial charge is 0.322 e. The van der Waals surface area contributed by atoms with E-state index >= 15 is 0 Å². The lowest BCUT2D eigenvalue weighted by Crippen LogP contribution is -2.19. The first-order valence-electron chi connectivity index (χ1n) is 2.02. The minimum absolute atomic E-state index is 0.389. The van der Waals surface area contributed by atoms with E-state index in [4.69, 9.17) is 11.0 Å². The highest BCUT2D eigenvalue weighted by Crippen LogP contribution is 1.73. The number of nitrogens with one attached hydrogen (secondary N) is 1. The van der Waals surface area contributed by atoms with Gasteiger partial charge in [0.05, 0.1) is 0 Å². The molecule has 0 bridgehead atoms. The van der Waals surface area contributed by atoms with E-state index in [1.807, 2.05) is 12.4 Å². The Morgan fingerprint density at radius 3 is 2.57 bits per heavy atom. The Bertz CT molecular complexity index is 64.6. The number of hydroxylamine groups is 1. The molecule has 0 rings (SSSR count). The van der Waals surface area contributed by atoms with Crippen molar-refractivity contribution in [3.8, 4) is 0 Å². The van der Waals surface area contributed by atoms with Gasteiger partial charge >= 0.3 is 0 Å². The highest BCUT2D eigenvalue weighted by Gasteiger charge is 1.85. The highest BCUT2D eigenvalue weighted by atomic mass is 16.5. The number of hydrogen-bond donors (Lipinski definition) is 3. The fraction of sp³-hybridized carbons (Fsp3) is 0.667. The van der Waals surface area contributed by atoms with Crippen molar-refractivity contribution in [1.29, 1.82) is 0 Å². The van der Waals surface area contributed by atoms with Crippen LogP contribution in [0.3, 0.4) is 0 Å². The van der Waals surface area contributed by atoms with Crippen molar-refractivity contribution in [3.63, 3.8) is 0 Å². The first-order chi connectivity index (χ1) is 3.35. The van der Waals surface area contributed by atoms with Crippen molar-refractivity contribution in [2.75, 3.05) is 0 Å². The minimum Gasteiger partial charge on any atom is -0.322 e. The van der Waals surface area contributed by atoms with Crippen LogP contribution < -0.4 is 11.3 Å². The molecule has 0 aromatic rings. The summed E-state index contributed by atoms with van der Waals surface area (Å²) in [6.07, 6.45) is 0.618. The molecule has 0 atom stereocenters. The third kappa shape index (κ3) is 1.99. The first kappa shape index (κ1) is 6.23. The summed E-state index contributed by atoms with van der Waals surface area (Å²) in [6, 6.07) is 0. The zero-order chi connectivity index (χ0) is 5.70. The van der Waals surface area contributed by atoms with Crippen molar-refractivity contribution in [2.24, 2.45) is 10.9 Å². The predicted molar refractivity (Wildman–Crippen MR) is 26.8 cm³/mol. The molecule has 42 valence electrons. The second-order valence-corrected chi connectivity index (χ2v) is 1.04. The second-order valence-electron chi connectivity index (χ2n) is 1.04. The van der Waals surface area contributed by atoms with Gasteiger partial charge in [0.25, 0.3) is 0 Å². The number of nitrogens with two attached hydrogens (primary N) is 1. The summed E-state index contributed by atoms with van der Waals surface area (Å²) in [4.78, 5) is 0. The third-order valence-corrected chi connectivity index (χ3v) is 0.620. The molecule has 0 saturated carbocycles. The van der Waals surface area contributed by atoms with Crippen LogP contribution >= 0.6 is 0 Å². The standard InChI is InChI=1S/C3H9N3O/c1-2-3(5-4)6-7/h7H,2,4H2,1H3,(H,5,6). The molecule has 0 aliphatic carbocycles. The Hall–Kier alpha value is -0.770. The first-order valence-corrected chi connectivity index (χ1v) is 2.02. The van der Waals surface area contributed by atoms with Gasteiger partial charge in [-0.15, -0.1) is 0 Å². The van der Waals surface area contributed by atoms with Crippen LogP contribution in [0, 0.1) is 0 Å². The van der Waals surface area contributed by atoms with Crippen molar-refractivity contribution >= 4 is 5.84 Å². The molecule has 4 heteroatoms. The lowest BCUT2D eigenvalue weighted by atomic mass is 10.5. The monoisotopic (exact) mass is 103 g/mol. The molecule has 4 nitrogen and oxygen atoms in total. The Balaban J connectivity index is 3.38. The Morgan fingerprint density at radius 2 is 2.57 bits per heavy atom. The van der Waals surface area contributed by atoms with Crippen LogP contribution in [0.2, 0.25) is 0 Å². The second kappa shape index (κ2) is 3.42. The zero-order valence-corrected chi connectivity index (χ0v) is 4.18. The summed E-state index contributed by atoms with van der Waals surface area (Å²) in [6.45, 7) is 1.83. The molecule has 4 N–H and O–H groups in total. The molecule has 7 heavy (non-hydrogen) atoms. The molecule has 0 heterocycles. The fourth-order valence-electron chi connectivity index (χ4n) is 0.199. The Labute approximate surface area is 42.0 Å². The predicted octanol–water partition coefficient (Wildman–Crippen LogP) is -0.353. The zero-order valence-electron chi connectivity index (χ0n) is 4.18. The normalized spacial score (nSPS) is 11.4. The molecule has 0 aliphatic rings. The van der Waals surface area contributed by atoms with E-state index in [1.54, 1.807) is 0 Å². The van der Waals surface area contributed by atoms with Gasteiger partial charge in [0.2, 0.25) is 0 Å². The number of rotatable bonds is 1. The molecular weight excluding hydrogens is 94.1 g/mol. The van der Waals surface area contributed by atoms with E-state index in [0.29, 0.717) is 12.3 Å². The third-order valence-electron chi connectivity index (χ3n) is 0.620. The molecule has 0 amide bonds. The Kier molecular flexibility index (Phi) is 3.04. The summed E-state index contributed by atoms with van der Waals surface area (Å²) in [5, 5.41) is 11.2. The molecule has 0 radical (unpaired) electrons. The summed E-state index contributed by atoms with van der Waals surface area (Å²) >= 11 is 0. The van der Waals surface area contributed by atoms with Crippen LogP contribution in [-0.4, -0.2) is 11.0 Å². The van der Waals surface area contributed by atoms with E-state index in [0.717, 1.165) is 0 Å². The van der Waals surface area contributed by atoms with Gasteiger partial charge in [-0.2, -0.15) is 5.10 Å². The van der Waals surface area contributed by atoms with Gasteiger partial charge in [0, 0.05) is 6.42 Å². The van der Waals surface area contributed by atoms with E-state index in [1.165, 1.54) is 0 Å². The maximum atomic E-state index is 8.07. The van der Waals surface area contributed by atoms with Crippen LogP contribution in [0.4, 0.5) is 0 Å². The SMILES string of the molecule is CCC(=NN)NO. The molecule has 0 aliphatic heterocycles. The molecule has 0 spiro atoms.